The van der Waals surface area contributed by atoms with Crippen LogP contribution in [-0.2, 0) is 5.75 Å². The van der Waals surface area contributed by atoms with Gasteiger partial charge in [-0.1, -0.05) is 36.0 Å². The third-order valence-corrected chi connectivity index (χ3v) is 5.20. The van der Waals surface area contributed by atoms with Gasteiger partial charge in [0.1, 0.15) is 5.82 Å². The molecule has 0 fully saturated rings. The molecule has 0 unspecified atom stereocenters. The van der Waals surface area contributed by atoms with E-state index in [-0.39, 0.29) is 0 Å². The zero-order valence-corrected chi connectivity index (χ0v) is 14.5. The SMILES string of the molecule is Cc1cccc(-n2ccnc2SCc2nc3ccccc3[nH]2)c1C. The number of nitrogens with one attached hydrogen (secondary N) is 1. The Morgan fingerprint density at radius 2 is 1.96 bits per heavy atom. The lowest BCUT2D eigenvalue weighted by molar-refractivity contribution is 0.884. The Hall–Kier alpha value is -2.53. The first-order chi connectivity index (χ1) is 11.7. The molecular weight excluding hydrogens is 316 g/mol. The van der Waals surface area contributed by atoms with Gasteiger partial charge in [0.05, 0.1) is 22.5 Å². The van der Waals surface area contributed by atoms with Gasteiger partial charge in [0.25, 0.3) is 0 Å². The number of hydrogen-bond donors (Lipinski definition) is 1. The van der Waals surface area contributed by atoms with Crippen LogP contribution in [-0.4, -0.2) is 19.5 Å². The van der Waals surface area contributed by atoms with E-state index in [1.165, 1.54) is 16.8 Å². The van der Waals surface area contributed by atoms with Crippen molar-refractivity contribution in [2.24, 2.45) is 0 Å². The topological polar surface area (TPSA) is 46.5 Å². The Morgan fingerprint density at radius 1 is 1.08 bits per heavy atom. The van der Waals surface area contributed by atoms with Crippen LogP contribution in [0.25, 0.3) is 16.7 Å². The Bertz CT molecular complexity index is 966. The summed E-state index contributed by atoms with van der Waals surface area (Å²) in [7, 11) is 0. The number of nitrogens with zero attached hydrogens (tertiary/aromatic N) is 3. The van der Waals surface area contributed by atoms with E-state index < -0.39 is 0 Å². The van der Waals surface area contributed by atoms with Crippen molar-refractivity contribution in [3.63, 3.8) is 0 Å². The number of para-hydroxylation sites is 2. The predicted molar refractivity (Wildman–Crippen MR) is 98.7 cm³/mol. The number of hydrogen-bond acceptors (Lipinski definition) is 3. The van der Waals surface area contributed by atoms with Gasteiger partial charge in [-0.2, -0.15) is 0 Å². The van der Waals surface area contributed by atoms with Crippen LogP contribution in [0.3, 0.4) is 0 Å². The van der Waals surface area contributed by atoms with E-state index in [0.29, 0.717) is 0 Å². The lowest BCUT2D eigenvalue weighted by Crippen LogP contribution is -1.99. The molecule has 0 amide bonds. The van der Waals surface area contributed by atoms with E-state index >= 15 is 0 Å². The molecule has 4 aromatic rings. The molecular formula is C19H18N4S. The van der Waals surface area contributed by atoms with Crippen LogP contribution in [0.1, 0.15) is 17.0 Å². The molecule has 5 heteroatoms. The summed E-state index contributed by atoms with van der Waals surface area (Å²) in [6.45, 7) is 4.29. The summed E-state index contributed by atoms with van der Waals surface area (Å²) in [4.78, 5) is 12.5. The molecule has 0 aliphatic rings. The molecule has 4 nitrogen and oxygen atoms in total. The first-order valence-corrected chi connectivity index (χ1v) is 8.87. The average molecular weight is 334 g/mol. The minimum Gasteiger partial charge on any atom is -0.341 e. The number of benzene rings is 2. The van der Waals surface area contributed by atoms with E-state index in [1.54, 1.807) is 11.8 Å². The largest absolute Gasteiger partial charge is 0.341 e. The minimum atomic E-state index is 0.760. The first kappa shape index (κ1) is 15.0. The van der Waals surface area contributed by atoms with Crippen LogP contribution < -0.4 is 0 Å². The number of H-pyrrole nitrogens is 1. The zero-order chi connectivity index (χ0) is 16.5. The molecule has 1 N–H and O–H groups in total. The van der Waals surface area contributed by atoms with E-state index in [2.05, 4.69) is 51.6 Å². The first-order valence-electron chi connectivity index (χ1n) is 7.89. The normalized spacial score (nSPS) is 11.2. The van der Waals surface area contributed by atoms with Crippen LogP contribution in [0.15, 0.2) is 60.0 Å². The lowest BCUT2D eigenvalue weighted by atomic mass is 10.1. The van der Waals surface area contributed by atoms with Crippen LogP contribution in [0.5, 0.6) is 0 Å². The van der Waals surface area contributed by atoms with E-state index in [1.807, 2.05) is 36.7 Å². The summed E-state index contributed by atoms with van der Waals surface area (Å²) in [6, 6.07) is 14.5. The van der Waals surface area contributed by atoms with Gasteiger partial charge in [-0.15, -0.1) is 0 Å². The molecule has 2 aromatic heterocycles. The highest BCUT2D eigenvalue weighted by atomic mass is 32.2. The van der Waals surface area contributed by atoms with Crippen molar-refractivity contribution in [3.05, 3.63) is 71.8 Å². The maximum atomic E-state index is 4.63. The molecule has 120 valence electrons. The highest BCUT2D eigenvalue weighted by Gasteiger charge is 2.10. The molecule has 0 atom stereocenters. The number of aromatic nitrogens is 4. The number of fused-ring (bicyclic) bond motifs is 1. The Balaban J connectivity index is 1.60. The average Bonchev–Trinajstić information content (AvgIpc) is 3.21. The third kappa shape index (κ3) is 2.71. The zero-order valence-electron chi connectivity index (χ0n) is 13.7. The van der Waals surface area contributed by atoms with Crippen LogP contribution >= 0.6 is 11.8 Å². The summed E-state index contributed by atoms with van der Waals surface area (Å²) in [5.41, 5.74) is 5.83. The van der Waals surface area contributed by atoms with E-state index in [4.69, 9.17) is 0 Å². The third-order valence-electron chi connectivity index (χ3n) is 4.22. The van der Waals surface area contributed by atoms with Gasteiger partial charge in [-0.3, -0.25) is 4.57 Å². The maximum Gasteiger partial charge on any atom is 0.173 e. The second-order valence-electron chi connectivity index (χ2n) is 5.79. The summed E-state index contributed by atoms with van der Waals surface area (Å²) >= 11 is 1.69. The maximum absolute atomic E-state index is 4.63. The quantitative estimate of drug-likeness (QED) is 0.552. The van der Waals surface area contributed by atoms with E-state index in [9.17, 15) is 0 Å². The number of thioether (sulfide) groups is 1. The molecule has 2 aromatic carbocycles. The fourth-order valence-electron chi connectivity index (χ4n) is 2.78. The summed E-state index contributed by atoms with van der Waals surface area (Å²) in [5.74, 6) is 1.73. The van der Waals surface area contributed by atoms with Crippen molar-refractivity contribution in [1.82, 2.24) is 19.5 Å². The second kappa shape index (κ2) is 6.17. The van der Waals surface area contributed by atoms with Crippen molar-refractivity contribution in [3.8, 4) is 5.69 Å². The standard InChI is InChI=1S/C19H18N4S/c1-13-6-5-9-17(14(13)2)23-11-10-20-19(23)24-12-18-21-15-7-3-4-8-16(15)22-18/h3-11H,12H2,1-2H3,(H,21,22). The van der Waals surface area contributed by atoms with Crippen molar-refractivity contribution < 1.29 is 0 Å². The van der Waals surface area contributed by atoms with Crippen LogP contribution in [0, 0.1) is 13.8 Å². The molecule has 0 aliphatic heterocycles. The molecule has 0 saturated heterocycles. The number of aryl methyl sites for hydroxylation is 1. The number of aromatic amines is 1. The minimum absolute atomic E-state index is 0.760. The molecule has 0 bridgehead atoms. The van der Waals surface area contributed by atoms with Gasteiger partial charge in [-0.25, -0.2) is 9.97 Å². The van der Waals surface area contributed by atoms with Gasteiger partial charge in [-0.05, 0) is 43.2 Å². The highest BCUT2D eigenvalue weighted by Crippen LogP contribution is 2.26. The Morgan fingerprint density at radius 3 is 2.83 bits per heavy atom. The summed E-state index contributed by atoms with van der Waals surface area (Å²) < 4.78 is 2.15. The summed E-state index contributed by atoms with van der Waals surface area (Å²) in [5, 5.41) is 0.976. The van der Waals surface area contributed by atoms with Gasteiger partial charge in [0.2, 0.25) is 0 Å². The van der Waals surface area contributed by atoms with Crippen LogP contribution in [0.4, 0.5) is 0 Å². The smallest absolute Gasteiger partial charge is 0.173 e. The van der Waals surface area contributed by atoms with Gasteiger partial charge in [0.15, 0.2) is 5.16 Å². The molecule has 4 rings (SSSR count). The Kier molecular flexibility index (Phi) is 3.86. The van der Waals surface area contributed by atoms with Crippen molar-refractivity contribution in [1.29, 1.82) is 0 Å². The van der Waals surface area contributed by atoms with Gasteiger partial charge < -0.3 is 4.98 Å². The van der Waals surface area contributed by atoms with Crippen molar-refractivity contribution in [2.45, 2.75) is 24.8 Å². The predicted octanol–water partition coefficient (Wildman–Crippen LogP) is 4.66. The fourth-order valence-corrected chi connectivity index (χ4v) is 3.62. The molecule has 0 spiro atoms. The fraction of sp³-hybridized carbons (Fsp3) is 0.158. The lowest BCUT2D eigenvalue weighted by Gasteiger charge is -2.11. The van der Waals surface area contributed by atoms with Crippen molar-refractivity contribution in [2.75, 3.05) is 0 Å². The highest BCUT2D eigenvalue weighted by molar-refractivity contribution is 7.98. The molecule has 0 saturated carbocycles. The molecule has 2 heterocycles. The monoisotopic (exact) mass is 334 g/mol. The Labute approximate surface area is 145 Å². The number of rotatable bonds is 4. The number of imidazole rings is 2. The van der Waals surface area contributed by atoms with Crippen molar-refractivity contribution >= 4 is 22.8 Å². The molecule has 0 radical (unpaired) electrons. The summed E-state index contributed by atoms with van der Waals surface area (Å²) in [6.07, 6.45) is 3.87. The van der Waals surface area contributed by atoms with Crippen LogP contribution in [0.2, 0.25) is 0 Å². The molecule has 24 heavy (non-hydrogen) atoms. The van der Waals surface area contributed by atoms with E-state index in [0.717, 1.165) is 27.8 Å². The van der Waals surface area contributed by atoms with Gasteiger partial charge in [0, 0.05) is 12.4 Å². The second-order valence-corrected chi connectivity index (χ2v) is 6.73. The van der Waals surface area contributed by atoms with Gasteiger partial charge >= 0.3 is 0 Å². The molecule has 0 aliphatic carbocycles.